The van der Waals surface area contributed by atoms with E-state index in [4.69, 9.17) is 4.98 Å². The molecule has 0 atom stereocenters. The summed E-state index contributed by atoms with van der Waals surface area (Å²) in [7, 11) is 0. The Labute approximate surface area is 189 Å². The topological polar surface area (TPSA) is 50.2 Å². The summed E-state index contributed by atoms with van der Waals surface area (Å²) in [5, 5.41) is 6.24. The minimum atomic E-state index is -0.0857. The standard InChI is InChI=1S/C22H25IN4OS/c1-2-16-12-20(21(28)24-18-8-6-17(23)7-9-18)27(13-16)14-19-15-29-22(25-19)26-10-4-3-5-11-26/h6-9,12-13,15H,2-5,10-11,14H2,1H3,(H,24,28). The molecule has 29 heavy (non-hydrogen) atoms. The second-order valence-corrected chi connectivity index (χ2v) is 9.43. The maximum absolute atomic E-state index is 12.9. The minimum absolute atomic E-state index is 0.0857. The predicted molar refractivity (Wildman–Crippen MR) is 128 cm³/mol. The molecular weight excluding hydrogens is 495 g/mol. The molecule has 1 amide bonds. The lowest BCUT2D eigenvalue weighted by Crippen LogP contribution is -2.29. The van der Waals surface area contributed by atoms with E-state index in [2.05, 4.69) is 51.3 Å². The second-order valence-electron chi connectivity index (χ2n) is 7.35. The van der Waals surface area contributed by atoms with Gasteiger partial charge in [0, 0.05) is 33.9 Å². The fourth-order valence-electron chi connectivity index (χ4n) is 3.59. The molecular formula is C22H25IN4OS. The minimum Gasteiger partial charge on any atom is -0.348 e. The number of carbonyl (C=O) groups is 1. The van der Waals surface area contributed by atoms with Gasteiger partial charge in [0.25, 0.3) is 5.91 Å². The number of hydrogen-bond donors (Lipinski definition) is 1. The Morgan fingerprint density at radius 1 is 1.21 bits per heavy atom. The fraction of sp³-hybridized carbons (Fsp3) is 0.364. The first-order valence-corrected chi connectivity index (χ1v) is 12.0. The van der Waals surface area contributed by atoms with E-state index < -0.39 is 0 Å². The van der Waals surface area contributed by atoms with Gasteiger partial charge >= 0.3 is 0 Å². The molecule has 1 fully saturated rings. The van der Waals surface area contributed by atoms with Crippen LogP contribution >= 0.6 is 33.9 Å². The molecule has 4 rings (SSSR count). The van der Waals surface area contributed by atoms with Crippen molar-refractivity contribution in [2.45, 2.75) is 39.2 Å². The van der Waals surface area contributed by atoms with E-state index in [0.717, 1.165) is 45.2 Å². The van der Waals surface area contributed by atoms with Crippen LogP contribution in [0.3, 0.4) is 0 Å². The average Bonchev–Trinajstić information content (AvgIpc) is 3.38. The van der Waals surface area contributed by atoms with Crippen molar-refractivity contribution in [3.63, 3.8) is 0 Å². The highest BCUT2D eigenvalue weighted by atomic mass is 127. The van der Waals surface area contributed by atoms with Crippen molar-refractivity contribution < 1.29 is 4.79 Å². The molecule has 0 radical (unpaired) electrons. The zero-order valence-corrected chi connectivity index (χ0v) is 19.5. The average molecular weight is 520 g/mol. The van der Waals surface area contributed by atoms with Crippen LogP contribution < -0.4 is 10.2 Å². The highest BCUT2D eigenvalue weighted by Crippen LogP contribution is 2.25. The number of anilines is 2. The van der Waals surface area contributed by atoms with Crippen molar-refractivity contribution in [2.75, 3.05) is 23.3 Å². The third kappa shape index (κ3) is 5.01. The molecule has 5 nitrogen and oxygen atoms in total. The van der Waals surface area contributed by atoms with Gasteiger partial charge in [-0.15, -0.1) is 11.3 Å². The molecule has 1 saturated heterocycles. The molecule has 152 valence electrons. The number of benzene rings is 1. The summed E-state index contributed by atoms with van der Waals surface area (Å²) in [6, 6.07) is 9.83. The van der Waals surface area contributed by atoms with Crippen LogP contribution in [0.2, 0.25) is 0 Å². The number of halogens is 1. The van der Waals surface area contributed by atoms with Gasteiger partial charge in [0.1, 0.15) is 5.69 Å². The normalized spacial score (nSPS) is 14.2. The monoisotopic (exact) mass is 520 g/mol. The second kappa shape index (κ2) is 9.30. The van der Waals surface area contributed by atoms with Gasteiger partial charge in [-0.1, -0.05) is 6.92 Å². The van der Waals surface area contributed by atoms with Crippen molar-refractivity contribution in [1.82, 2.24) is 9.55 Å². The first-order chi connectivity index (χ1) is 14.1. The van der Waals surface area contributed by atoms with E-state index in [9.17, 15) is 4.79 Å². The summed E-state index contributed by atoms with van der Waals surface area (Å²) >= 11 is 3.97. The molecule has 7 heteroatoms. The molecule has 0 aliphatic carbocycles. The number of hydrogen-bond acceptors (Lipinski definition) is 4. The maximum Gasteiger partial charge on any atom is 0.272 e. The molecule has 1 aromatic carbocycles. The smallest absolute Gasteiger partial charge is 0.272 e. The van der Waals surface area contributed by atoms with Crippen LogP contribution in [-0.2, 0) is 13.0 Å². The molecule has 0 spiro atoms. The van der Waals surface area contributed by atoms with Crippen LogP contribution in [0.1, 0.15) is 47.9 Å². The number of rotatable bonds is 6. The fourth-order valence-corrected chi connectivity index (χ4v) is 4.82. The Balaban J connectivity index is 1.51. The maximum atomic E-state index is 12.9. The molecule has 1 aliphatic heterocycles. The number of nitrogens with one attached hydrogen (secondary N) is 1. The van der Waals surface area contributed by atoms with Gasteiger partial charge in [-0.05, 0) is 84.2 Å². The van der Waals surface area contributed by atoms with Crippen molar-refractivity contribution in [1.29, 1.82) is 0 Å². The molecule has 1 aliphatic rings. The number of aromatic nitrogens is 2. The quantitative estimate of drug-likeness (QED) is 0.443. The van der Waals surface area contributed by atoms with Crippen molar-refractivity contribution in [3.8, 4) is 0 Å². The largest absolute Gasteiger partial charge is 0.348 e. The summed E-state index contributed by atoms with van der Waals surface area (Å²) in [5.41, 5.74) is 3.65. The summed E-state index contributed by atoms with van der Waals surface area (Å²) < 4.78 is 3.17. The van der Waals surface area contributed by atoms with Gasteiger partial charge in [0.2, 0.25) is 0 Å². The van der Waals surface area contributed by atoms with Crippen LogP contribution in [0.4, 0.5) is 10.8 Å². The predicted octanol–water partition coefficient (Wildman–Crippen LogP) is 5.40. The van der Waals surface area contributed by atoms with Gasteiger partial charge in [-0.3, -0.25) is 4.79 Å². The van der Waals surface area contributed by atoms with Gasteiger partial charge in [-0.2, -0.15) is 0 Å². The third-order valence-electron chi connectivity index (χ3n) is 5.19. The Kier molecular flexibility index (Phi) is 6.54. The van der Waals surface area contributed by atoms with Gasteiger partial charge in [-0.25, -0.2) is 4.98 Å². The zero-order chi connectivity index (χ0) is 20.2. The molecule has 2 aromatic heterocycles. The van der Waals surface area contributed by atoms with Gasteiger partial charge < -0.3 is 14.8 Å². The van der Waals surface area contributed by atoms with E-state index in [1.807, 2.05) is 34.9 Å². The molecule has 0 unspecified atom stereocenters. The number of nitrogens with zero attached hydrogens (tertiary/aromatic N) is 3. The number of carbonyl (C=O) groups excluding carboxylic acids is 1. The first kappa shape index (κ1) is 20.4. The Hall–Kier alpha value is -1.87. The van der Waals surface area contributed by atoms with E-state index in [-0.39, 0.29) is 5.91 Å². The molecule has 1 N–H and O–H groups in total. The summed E-state index contributed by atoms with van der Waals surface area (Å²) in [5.74, 6) is -0.0857. The highest BCUT2D eigenvalue weighted by Gasteiger charge is 2.17. The zero-order valence-electron chi connectivity index (χ0n) is 16.5. The van der Waals surface area contributed by atoms with E-state index in [1.165, 1.54) is 19.3 Å². The number of thiazole rings is 1. The first-order valence-electron chi connectivity index (χ1n) is 10.1. The molecule has 3 aromatic rings. The van der Waals surface area contributed by atoms with Crippen LogP contribution in [0, 0.1) is 3.57 Å². The van der Waals surface area contributed by atoms with Crippen molar-refractivity contribution in [3.05, 3.63) is 62.4 Å². The van der Waals surface area contributed by atoms with E-state index in [1.54, 1.807) is 11.3 Å². The Bertz CT molecular complexity index is 973. The van der Waals surface area contributed by atoms with E-state index >= 15 is 0 Å². The SMILES string of the molecule is CCc1cc(C(=O)Nc2ccc(I)cc2)n(Cc2csc(N3CCCCC3)n2)c1. The lowest BCUT2D eigenvalue weighted by atomic mass is 10.1. The van der Waals surface area contributed by atoms with Gasteiger partial charge in [0.05, 0.1) is 12.2 Å². The summed E-state index contributed by atoms with van der Waals surface area (Å²) in [6.45, 7) is 4.91. The van der Waals surface area contributed by atoms with Crippen LogP contribution in [0.5, 0.6) is 0 Å². The summed E-state index contributed by atoms with van der Waals surface area (Å²) in [6.07, 6.45) is 6.77. The molecule has 0 bridgehead atoms. The third-order valence-corrected chi connectivity index (χ3v) is 6.86. The number of amides is 1. The number of piperidine rings is 1. The lowest BCUT2D eigenvalue weighted by molar-refractivity contribution is 0.101. The Morgan fingerprint density at radius 3 is 2.69 bits per heavy atom. The van der Waals surface area contributed by atoms with Gasteiger partial charge in [0.15, 0.2) is 5.13 Å². The number of aryl methyl sites for hydroxylation is 1. The molecule has 0 saturated carbocycles. The Morgan fingerprint density at radius 2 is 1.97 bits per heavy atom. The van der Waals surface area contributed by atoms with Crippen molar-refractivity contribution >= 4 is 50.7 Å². The van der Waals surface area contributed by atoms with Crippen LogP contribution in [0.25, 0.3) is 0 Å². The lowest BCUT2D eigenvalue weighted by Gasteiger charge is -2.25. The van der Waals surface area contributed by atoms with E-state index in [0.29, 0.717) is 12.2 Å². The highest BCUT2D eigenvalue weighted by molar-refractivity contribution is 14.1. The molecule has 3 heterocycles. The van der Waals surface area contributed by atoms with Crippen molar-refractivity contribution in [2.24, 2.45) is 0 Å². The van der Waals surface area contributed by atoms with Crippen LogP contribution in [-0.4, -0.2) is 28.5 Å². The van der Waals surface area contributed by atoms with Crippen LogP contribution in [0.15, 0.2) is 41.9 Å². The summed E-state index contributed by atoms with van der Waals surface area (Å²) in [4.78, 5) is 20.2.